The second-order valence-corrected chi connectivity index (χ2v) is 6.51. The highest BCUT2D eigenvalue weighted by molar-refractivity contribution is 7.16. The second-order valence-electron chi connectivity index (χ2n) is 5.50. The number of rotatable bonds is 5. The summed E-state index contributed by atoms with van der Waals surface area (Å²) < 4.78 is 18.6. The molecule has 0 aliphatic rings. The van der Waals surface area contributed by atoms with E-state index < -0.39 is 5.91 Å². The summed E-state index contributed by atoms with van der Waals surface area (Å²) in [5.74, 6) is 3.90. The quantitative estimate of drug-likeness (QED) is 0.636. The van der Waals surface area contributed by atoms with E-state index >= 15 is 0 Å². The highest BCUT2D eigenvalue weighted by Crippen LogP contribution is 2.27. The van der Waals surface area contributed by atoms with E-state index in [9.17, 15) is 4.79 Å². The number of benzene rings is 2. The Hall–Kier alpha value is -3.24. The van der Waals surface area contributed by atoms with Gasteiger partial charge in [-0.25, -0.2) is 0 Å². The Morgan fingerprint density at radius 1 is 1.15 bits per heavy atom. The molecule has 0 saturated carbocycles. The molecule has 138 valence electrons. The van der Waals surface area contributed by atoms with Gasteiger partial charge in [0.25, 0.3) is 5.91 Å². The van der Waals surface area contributed by atoms with Crippen LogP contribution in [0, 0.1) is 12.3 Å². The van der Waals surface area contributed by atoms with Crippen molar-refractivity contribution >= 4 is 27.5 Å². The SMILES string of the molecule is C#CCn1c(=NC(=O)c2cc(OC)cc(OC)c2)sc2cccc(OC)c21. The molecule has 0 fully saturated rings. The van der Waals surface area contributed by atoms with Crippen molar-refractivity contribution in [2.75, 3.05) is 21.3 Å². The normalized spacial score (nSPS) is 11.3. The summed E-state index contributed by atoms with van der Waals surface area (Å²) in [5, 5.41) is 0. The van der Waals surface area contributed by atoms with Gasteiger partial charge in [0, 0.05) is 11.6 Å². The molecule has 0 atom stereocenters. The molecule has 0 aliphatic heterocycles. The molecule has 0 aliphatic carbocycles. The minimum Gasteiger partial charge on any atom is -0.497 e. The molecule has 6 nitrogen and oxygen atoms in total. The Balaban J connectivity index is 2.17. The summed E-state index contributed by atoms with van der Waals surface area (Å²) >= 11 is 1.37. The molecule has 27 heavy (non-hydrogen) atoms. The van der Waals surface area contributed by atoms with Crippen molar-refractivity contribution in [3.63, 3.8) is 0 Å². The molecule has 0 bridgehead atoms. The number of fused-ring (bicyclic) bond motifs is 1. The Bertz CT molecular complexity index is 1080. The van der Waals surface area contributed by atoms with Crippen LogP contribution in [0.4, 0.5) is 0 Å². The molecule has 2 aromatic carbocycles. The first-order valence-electron chi connectivity index (χ1n) is 8.03. The van der Waals surface area contributed by atoms with Crippen molar-refractivity contribution in [3.05, 3.63) is 46.8 Å². The summed E-state index contributed by atoms with van der Waals surface area (Å²) in [6, 6.07) is 10.6. The number of amides is 1. The number of aromatic nitrogens is 1. The van der Waals surface area contributed by atoms with Gasteiger partial charge in [0.2, 0.25) is 0 Å². The number of hydrogen-bond donors (Lipinski definition) is 0. The van der Waals surface area contributed by atoms with Crippen LogP contribution in [-0.2, 0) is 6.54 Å². The average Bonchev–Trinajstić information content (AvgIpc) is 3.04. The van der Waals surface area contributed by atoms with Crippen LogP contribution in [-0.4, -0.2) is 31.8 Å². The third kappa shape index (κ3) is 3.66. The number of carbonyl (C=O) groups excluding carboxylic acids is 1. The topological polar surface area (TPSA) is 62.1 Å². The van der Waals surface area contributed by atoms with Crippen molar-refractivity contribution in [2.24, 2.45) is 4.99 Å². The van der Waals surface area contributed by atoms with Crippen LogP contribution in [0.2, 0.25) is 0 Å². The van der Waals surface area contributed by atoms with E-state index in [1.807, 2.05) is 18.2 Å². The largest absolute Gasteiger partial charge is 0.497 e. The van der Waals surface area contributed by atoms with Crippen LogP contribution in [0.3, 0.4) is 0 Å². The summed E-state index contributed by atoms with van der Waals surface area (Å²) in [4.78, 5) is 17.6. The Labute approximate surface area is 160 Å². The van der Waals surface area contributed by atoms with Crippen molar-refractivity contribution in [2.45, 2.75) is 6.54 Å². The number of terminal acetylenes is 1. The minimum absolute atomic E-state index is 0.272. The Morgan fingerprint density at radius 3 is 2.44 bits per heavy atom. The Morgan fingerprint density at radius 2 is 1.85 bits per heavy atom. The molecule has 0 saturated heterocycles. The lowest BCUT2D eigenvalue weighted by molar-refractivity contribution is 0.0997. The van der Waals surface area contributed by atoms with E-state index in [0.717, 1.165) is 10.2 Å². The summed E-state index contributed by atoms with van der Waals surface area (Å²) in [5.41, 5.74) is 1.18. The molecule has 1 aromatic heterocycles. The lowest BCUT2D eigenvalue weighted by Gasteiger charge is -2.06. The number of hydrogen-bond acceptors (Lipinski definition) is 5. The van der Waals surface area contributed by atoms with Crippen LogP contribution in [0.1, 0.15) is 10.4 Å². The van der Waals surface area contributed by atoms with Crippen LogP contribution in [0.25, 0.3) is 10.2 Å². The number of methoxy groups -OCH3 is 3. The maximum Gasteiger partial charge on any atom is 0.279 e. The van der Waals surface area contributed by atoms with Gasteiger partial charge in [-0.1, -0.05) is 23.3 Å². The first-order valence-corrected chi connectivity index (χ1v) is 8.84. The van der Waals surface area contributed by atoms with E-state index in [4.69, 9.17) is 20.6 Å². The molecule has 3 aromatic rings. The molecule has 3 rings (SSSR count). The fraction of sp³-hybridized carbons (Fsp3) is 0.200. The fourth-order valence-electron chi connectivity index (χ4n) is 2.67. The standard InChI is InChI=1S/C20H18N2O4S/c1-5-9-22-18-16(26-4)7-6-8-17(18)27-20(22)21-19(23)13-10-14(24-2)12-15(11-13)25-3/h1,6-8,10-12H,9H2,2-4H3. The van der Waals surface area contributed by atoms with Crippen LogP contribution < -0.4 is 19.0 Å². The molecular weight excluding hydrogens is 364 g/mol. The first-order chi connectivity index (χ1) is 13.1. The lowest BCUT2D eigenvalue weighted by atomic mass is 10.2. The van der Waals surface area contributed by atoms with Crippen LogP contribution in [0.15, 0.2) is 41.4 Å². The summed E-state index contributed by atoms with van der Waals surface area (Å²) in [7, 11) is 4.65. The molecule has 0 unspecified atom stereocenters. The van der Waals surface area contributed by atoms with Crippen LogP contribution >= 0.6 is 11.3 Å². The maximum atomic E-state index is 12.8. The number of thiazole rings is 1. The monoisotopic (exact) mass is 382 g/mol. The zero-order valence-corrected chi connectivity index (χ0v) is 16.0. The van der Waals surface area contributed by atoms with E-state index in [1.165, 1.54) is 25.6 Å². The van der Waals surface area contributed by atoms with Crippen molar-refractivity contribution < 1.29 is 19.0 Å². The van der Waals surface area contributed by atoms with Gasteiger partial charge in [0.1, 0.15) is 22.8 Å². The average molecular weight is 382 g/mol. The molecule has 0 radical (unpaired) electrons. The van der Waals surface area contributed by atoms with Crippen molar-refractivity contribution in [1.29, 1.82) is 0 Å². The van der Waals surface area contributed by atoms with Gasteiger partial charge in [0.05, 0.1) is 32.6 Å². The van der Waals surface area contributed by atoms with Crippen molar-refractivity contribution in [3.8, 4) is 29.6 Å². The zero-order chi connectivity index (χ0) is 19.4. The molecule has 7 heteroatoms. The molecule has 0 spiro atoms. The maximum absolute atomic E-state index is 12.8. The number of ether oxygens (including phenoxy) is 3. The van der Waals surface area contributed by atoms with Gasteiger partial charge in [0.15, 0.2) is 4.80 Å². The van der Waals surface area contributed by atoms with E-state index in [0.29, 0.717) is 27.6 Å². The van der Waals surface area contributed by atoms with E-state index in [-0.39, 0.29) is 6.54 Å². The van der Waals surface area contributed by atoms with Gasteiger partial charge in [-0.2, -0.15) is 4.99 Å². The number of para-hydroxylation sites is 1. The fourth-order valence-corrected chi connectivity index (χ4v) is 3.71. The third-order valence-corrected chi connectivity index (χ3v) is 4.97. The summed E-state index contributed by atoms with van der Waals surface area (Å²) in [6.45, 7) is 0.272. The van der Waals surface area contributed by atoms with E-state index in [2.05, 4.69) is 10.9 Å². The third-order valence-electron chi connectivity index (χ3n) is 3.93. The van der Waals surface area contributed by atoms with Gasteiger partial charge in [-0.3, -0.25) is 4.79 Å². The number of carbonyl (C=O) groups is 1. The van der Waals surface area contributed by atoms with Gasteiger partial charge in [-0.15, -0.1) is 6.42 Å². The van der Waals surface area contributed by atoms with Crippen LogP contribution in [0.5, 0.6) is 17.2 Å². The smallest absolute Gasteiger partial charge is 0.279 e. The predicted molar refractivity (Wildman–Crippen MR) is 105 cm³/mol. The van der Waals surface area contributed by atoms with Gasteiger partial charge in [-0.05, 0) is 24.3 Å². The van der Waals surface area contributed by atoms with E-state index in [1.54, 1.807) is 29.9 Å². The molecule has 1 heterocycles. The summed E-state index contributed by atoms with van der Waals surface area (Å²) in [6.07, 6.45) is 5.52. The highest BCUT2D eigenvalue weighted by Gasteiger charge is 2.13. The highest BCUT2D eigenvalue weighted by atomic mass is 32.1. The van der Waals surface area contributed by atoms with Crippen molar-refractivity contribution in [1.82, 2.24) is 4.57 Å². The molecular formula is C20H18N2O4S. The number of nitrogens with zero attached hydrogens (tertiary/aromatic N) is 2. The molecule has 1 amide bonds. The first kappa shape index (κ1) is 18.5. The van der Waals surface area contributed by atoms with Gasteiger partial charge < -0.3 is 18.8 Å². The molecule has 0 N–H and O–H groups in total. The predicted octanol–water partition coefficient (Wildman–Crippen LogP) is 3.10. The zero-order valence-electron chi connectivity index (χ0n) is 15.2. The lowest BCUT2D eigenvalue weighted by Crippen LogP contribution is -2.17. The van der Waals surface area contributed by atoms with Gasteiger partial charge >= 0.3 is 0 Å². The minimum atomic E-state index is -0.413. The Kier molecular flexibility index (Phi) is 5.48. The second kappa shape index (κ2) is 7.98.